The van der Waals surface area contributed by atoms with E-state index in [4.69, 9.17) is 0 Å². The van der Waals surface area contributed by atoms with Gasteiger partial charge in [-0.3, -0.25) is 0 Å². The molecule has 0 radical (unpaired) electrons. The minimum Gasteiger partial charge on any atom is -0.310 e. The van der Waals surface area contributed by atoms with Crippen LogP contribution in [0, 0.1) is 11.8 Å². The first-order valence-electron chi connectivity index (χ1n) is 7.44. The average Bonchev–Trinajstić information content (AvgIpc) is 2.84. The van der Waals surface area contributed by atoms with Crippen LogP contribution in [0.3, 0.4) is 0 Å². The van der Waals surface area contributed by atoms with Gasteiger partial charge in [0.25, 0.3) is 0 Å². The van der Waals surface area contributed by atoms with Crippen molar-refractivity contribution in [3.05, 3.63) is 35.2 Å². The number of benzene rings is 1. The lowest BCUT2D eigenvalue weighted by atomic mass is 9.78. The lowest BCUT2D eigenvalue weighted by Crippen LogP contribution is -2.40. The van der Waals surface area contributed by atoms with Crippen molar-refractivity contribution < 1.29 is 0 Å². The fourth-order valence-corrected chi connectivity index (χ4v) is 4.24. The Morgan fingerprint density at radius 2 is 2.05 bits per heavy atom. The third-order valence-electron chi connectivity index (χ3n) is 4.82. The fraction of sp³-hybridized carbons (Fsp3) is 0.529. The number of rotatable bonds is 3. The molecule has 0 spiro atoms. The smallest absolute Gasteiger partial charge is 0.0346 e. The molecule has 1 heterocycles. The van der Waals surface area contributed by atoms with Crippen LogP contribution < -0.4 is 5.32 Å². The zero-order valence-electron chi connectivity index (χ0n) is 11.9. The second kappa shape index (κ2) is 5.64. The van der Waals surface area contributed by atoms with Crippen LogP contribution in [-0.4, -0.2) is 6.04 Å². The second-order valence-electron chi connectivity index (χ2n) is 6.01. The summed E-state index contributed by atoms with van der Waals surface area (Å²) in [5.74, 6) is 1.67. The van der Waals surface area contributed by atoms with Crippen molar-refractivity contribution >= 4 is 21.4 Å². The maximum Gasteiger partial charge on any atom is 0.0346 e. The molecule has 1 fully saturated rings. The highest BCUT2D eigenvalue weighted by atomic mass is 32.1. The molecule has 1 aromatic carbocycles. The standard InChI is InChI=1S/C17H23NS/c1-12-6-5-8-16(13(12)2)18-10-14-11-19-17-9-4-3-7-15(14)17/h3-4,7,9,11-13,16,18H,5-6,8,10H2,1-2H3. The monoisotopic (exact) mass is 273 g/mol. The molecule has 2 aromatic rings. The molecule has 1 saturated carbocycles. The Hall–Kier alpha value is -0.860. The number of hydrogen-bond donors (Lipinski definition) is 1. The van der Waals surface area contributed by atoms with E-state index in [9.17, 15) is 0 Å². The SMILES string of the molecule is CC1CCCC(NCc2csc3ccccc23)C1C. The molecule has 3 atom stereocenters. The number of thiophene rings is 1. The lowest BCUT2D eigenvalue weighted by molar-refractivity contribution is 0.206. The summed E-state index contributed by atoms with van der Waals surface area (Å²) in [6, 6.07) is 9.43. The number of fused-ring (bicyclic) bond motifs is 1. The molecule has 0 aliphatic heterocycles. The zero-order valence-corrected chi connectivity index (χ0v) is 12.7. The van der Waals surface area contributed by atoms with Crippen molar-refractivity contribution in [3.63, 3.8) is 0 Å². The van der Waals surface area contributed by atoms with E-state index in [1.807, 2.05) is 11.3 Å². The first kappa shape index (κ1) is 13.1. The normalized spacial score (nSPS) is 27.8. The highest BCUT2D eigenvalue weighted by Gasteiger charge is 2.26. The molecule has 0 saturated heterocycles. The molecule has 0 bridgehead atoms. The van der Waals surface area contributed by atoms with Crippen LogP contribution in [0.15, 0.2) is 29.6 Å². The Kier molecular flexibility index (Phi) is 3.90. The number of hydrogen-bond acceptors (Lipinski definition) is 2. The van der Waals surface area contributed by atoms with Crippen LogP contribution in [-0.2, 0) is 6.54 Å². The van der Waals surface area contributed by atoms with Crippen molar-refractivity contribution in [1.29, 1.82) is 0 Å². The van der Waals surface area contributed by atoms with Gasteiger partial charge in [0.15, 0.2) is 0 Å². The van der Waals surface area contributed by atoms with Crippen LogP contribution in [0.5, 0.6) is 0 Å². The molecule has 2 heteroatoms. The van der Waals surface area contributed by atoms with Gasteiger partial charge >= 0.3 is 0 Å². The Morgan fingerprint density at radius 3 is 2.95 bits per heavy atom. The summed E-state index contributed by atoms with van der Waals surface area (Å²) >= 11 is 1.86. The van der Waals surface area contributed by atoms with E-state index < -0.39 is 0 Å². The Labute approximate surface area is 120 Å². The van der Waals surface area contributed by atoms with E-state index in [0.717, 1.165) is 18.4 Å². The van der Waals surface area contributed by atoms with Gasteiger partial charge in [0, 0.05) is 17.3 Å². The third-order valence-corrected chi connectivity index (χ3v) is 5.84. The van der Waals surface area contributed by atoms with E-state index in [0.29, 0.717) is 6.04 Å². The Bertz CT molecular complexity index is 545. The molecule has 1 aliphatic rings. The van der Waals surface area contributed by atoms with Crippen molar-refractivity contribution in [2.75, 3.05) is 0 Å². The largest absolute Gasteiger partial charge is 0.310 e. The third kappa shape index (κ3) is 2.70. The quantitative estimate of drug-likeness (QED) is 0.845. The maximum absolute atomic E-state index is 3.80. The number of nitrogens with one attached hydrogen (secondary N) is 1. The summed E-state index contributed by atoms with van der Waals surface area (Å²) in [6.07, 6.45) is 4.13. The molecular weight excluding hydrogens is 250 g/mol. The molecule has 3 rings (SSSR count). The molecule has 3 unspecified atom stereocenters. The molecule has 19 heavy (non-hydrogen) atoms. The second-order valence-corrected chi connectivity index (χ2v) is 6.92. The Morgan fingerprint density at radius 1 is 1.21 bits per heavy atom. The first-order valence-corrected chi connectivity index (χ1v) is 8.32. The van der Waals surface area contributed by atoms with E-state index in [2.05, 4.69) is 48.8 Å². The molecular formula is C17H23NS. The van der Waals surface area contributed by atoms with Crippen LogP contribution in [0.4, 0.5) is 0 Å². The summed E-state index contributed by atoms with van der Waals surface area (Å²) in [5, 5.41) is 7.54. The van der Waals surface area contributed by atoms with Crippen molar-refractivity contribution in [2.24, 2.45) is 11.8 Å². The topological polar surface area (TPSA) is 12.0 Å². The van der Waals surface area contributed by atoms with Gasteiger partial charge in [0.05, 0.1) is 0 Å². The van der Waals surface area contributed by atoms with Gasteiger partial charge in [-0.1, -0.05) is 44.9 Å². The van der Waals surface area contributed by atoms with Crippen LogP contribution in [0.25, 0.3) is 10.1 Å². The minimum atomic E-state index is 0.697. The summed E-state index contributed by atoms with van der Waals surface area (Å²) in [7, 11) is 0. The zero-order chi connectivity index (χ0) is 13.2. The van der Waals surface area contributed by atoms with E-state index in [1.165, 1.54) is 34.9 Å². The highest BCUT2D eigenvalue weighted by molar-refractivity contribution is 7.17. The van der Waals surface area contributed by atoms with E-state index in [-0.39, 0.29) is 0 Å². The van der Waals surface area contributed by atoms with Crippen molar-refractivity contribution in [1.82, 2.24) is 5.32 Å². The van der Waals surface area contributed by atoms with Gasteiger partial charge in [0.1, 0.15) is 0 Å². The van der Waals surface area contributed by atoms with Gasteiger partial charge in [-0.05, 0) is 40.7 Å². The summed E-state index contributed by atoms with van der Waals surface area (Å²) < 4.78 is 1.41. The molecule has 1 aromatic heterocycles. The molecule has 1 nitrogen and oxygen atoms in total. The maximum atomic E-state index is 3.80. The predicted octanol–water partition coefficient (Wildman–Crippen LogP) is 4.82. The van der Waals surface area contributed by atoms with Crippen molar-refractivity contribution in [2.45, 2.75) is 45.7 Å². The Balaban J connectivity index is 1.69. The molecule has 1 aliphatic carbocycles. The first-order chi connectivity index (χ1) is 9.25. The van der Waals surface area contributed by atoms with E-state index in [1.54, 1.807) is 0 Å². The molecule has 1 N–H and O–H groups in total. The summed E-state index contributed by atoms with van der Waals surface area (Å²) in [5.41, 5.74) is 1.46. The fourth-order valence-electron chi connectivity index (χ4n) is 3.28. The molecule has 0 amide bonds. The van der Waals surface area contributed by atoms with Gasteiger partial charge in [-0.2, -0.15) is 0 Å². The van der Waals surface area contributed by atoms with Crippen LogP contribution in [0.1, 0.15) is 38.7 Å². The van der Waals surface area contributed by atoms with Crippen LogP contribution >= 0.6 is 11.3 Å². The van der Waals surface area contributed by atoms with Gasteiger partial charge in [-0.25, -0.2) is 0 Å². The summed E-state index contributed by atoms with van der Waals surface area (Å²) in [6.45, 7) is 5.83. The van der Waals surface area contributed by atoms with Gasteiger partial charge in [0.2, 0.25) is 0 Å². The highest BCUT2D eigenvalue weighted by Crippen LogP contribution is 2.30. The molecule has 102 valence electrons. The van der Waals surface area contributed by atoms with Crippen LogP contribution in [0.2, 0.25) is 0 Å². The van der Waals surface area contributed by atoms with Crippen molar-refractivity contribution in [3.8, 4) is 0 Å². The van der Waals surface area contributed by atoms with E-state index >= 15 is 0 Å². The lowest BCUT2D eigenvalue weighted by Gasteiger charge is -2.34. The average molecular weight is 273 g/mol. The van der Waals surface area contributed by atoms with Gasteiger partial charge < -0.3 is 5.32 Å². The predicted molar refractivity (Wildman–Crippen MR) is 84.6 cm³/mol. The van der Waals surface area contributed by atoms with Gasteiger partial charge in [-0.15, -0.1) is 11.3 Å². The summed E-state index contributed by atoms with van der Waals surface area (Å²) in [4.78, 5) is 0. The minimum absolute atomic E-state index is 0.697.